The molecular formula is C18H9F6N5S2. The van der Waals surface area contributed by atoms with Crippen molar-refractivity contribution in [2.45, 2.75) is 12.4 Å². The number of benzene rings is 2. The molecule has 1 N–H and O–H groups in total. The fraction of sp³-hybridized carbons (Fsp3) is 0.111. The second kappa shape index (κ2) is 7.57. The molecule has 0 aliphatic heterocycles. The summed E-state index contributed by atoms with van der Waals surface area (Å²) in [4.78, 5) is 0.324. The highest BCUT2D eigenvalue weighted by Crippen LogP contribution is 2.39. The molecule has 160 valence electrons. The fourth-order valence-electron chi connectivity index (χ4n) is 2.88. The number of alkyl halides is 6. The molecule has 0 bridgehead atoms. The van der Waals surface area contributed by atoms with E-state index in [4.69, 9.17) is 12.2 Å². The first-order valence-corrected chi connectivity index (χ1v) is 9.59. The zero-order valence-corrected chi connectivity index (χ0v) is 16.6. The molecule has 0 radical (unpaired) electrons. The molecule has 2 heterocycles. The maximum Gasteiger partial charge on any atom is 0.416 e. The van der Waals surface area contributed by atoms with Gasteiger partial charge >= 0.3 is 12.4 Å². The van der Waals surface area contributed by atoms with Crippen molar-refractivity contribution in [3.8, 4) is 27.6 Å². The van der Waals surface area contributed by atoms with Crippen LogP contribution < -0.4 is 0 Å². The van der Waals surface area contributed by atoms with E-state index in [1.807, 2.05) is 0 Å². The van der Waals surface area contributed by atoms with Gasteiger partial charge in [-0.25, -0.2) is 0 Å². The molecule has 0 spiro atoms. The Balaban J connectivity index is 1.95. The number of hydrogen-bond acceptors (Lipinski definition) is 5. The number of H-pyrrole nitrogens is 1. The van der Waals surface area contributed by atoms with E-state index >= 15 is 0 Å². The van der Waals surface area contributed by atoms with Gasteiger partial charge in [0.05, 0.1) is 16.8 Å². The molecule has 13 heteroatoms. The molecular weight excluding hydrogens is 464 g/mol. The van der Waals surface area contributed by atoms with Crippen LogP contribution in [0.2, 0.25) is 0 Å². The summed E-state index contributed by atoms with van der Waals surface area (Å²) >= 11 is 5.99. The van der Waals surface area contributed by atoms with Crippen molar-refractivity contribution in [3.05, 3.63) is 64.4 Å². The third kappa shape index (κ3) is 4.10. The number of halogens is 6. The highest BCUT2D eigenvalue weighted by molar-refractivity contribution is 7.71. The number of rotatable bonds is 3. The van der Waals surface area contributed by atoms with Crippen molar-refractivity contribution in [3.63, 3.8) is 0 Å². The monoisotopic (exact) mass is 473 g/mol. The van der Waals surface area contributed by atoms with Crippen LogP contribution >= 0.6 is 23.8 Å². The van der Waals surface area contributed by atoms with E-state index < -0.39 is 29.2 Å². The summed E-state index contributed by atoms with van der Waals surface area (Å²) in [5.41, 5.74) is -2.35. The summed E-state index contributed by atoms with van der Waals surface area (Å²) < 4.78 is 84.4. The minimum atomic E-state index is -5.00. The van der Waals surface area contributed by atoms with Crippen LogP contribution in [0.4, 0.5) is 26.3 Å². The van der Waals surface area contributed by atoms with E-state index in [9.17, 15) is 26.3 Å². The lowest BCUT2D eigenvalue weighted by Gasteiger charge is -2.15. The summed E-state index contributed by atoms with van der Waals surface area (Å²) in [7, 11) is 0. The van der Waals surface area contributed by atoms with Gasteiger partial charge in [0.2, 0.25) is 0 Å². The molecule has 4 rings (SSSR count). The third-order valence-electron chi connectivity index (χ3n) is 4.24. The molecule has 0 saturated carbocycles. The summed E-state index contributed by atoms with van der Waals surface area (Å²) in [6.45, 7) is 0. The number of nitrogens with zero attached hydrogens (tertiary/aromatic N) is 4. The van der Waals surface area contributed by atoms with Gasteiger partial charge in [-0.15, -0.1) is 5.10 Å². The minimum Gasteiger partial charge on any atom is -0.267 e. The molecule has 2 aromatic carbocycles. The Morgan fingerprint density at radius 3 is 2.10 bits per heavy atom. The minimum absolute atomic E-state index is 0.00805. The van der Waals surface area contributed by atoms with Gasteiger partial charge in [0.25, 0.3) is 0 Å². The number of aromatic nitrogens is 5. The summed E-state index contributed by atoms with van der Waals surface area (Å²) in [6, 6.07) is 9.96. The molecule has 0 unspecified atom stereocenters. The average molecular weight is 473 g/mol. The lowest BCUT2D eigenvalue weighted by molar-refractivity contribution is -0.143. The van der Waals surface area contributed by atoms with E-state index in [1.54, 1.807) is 30.3 Å². The van der Waals surface area contributed by atoms with Crippen molar-refractivity contribution < 1.29 is 26.3 Å². The van der Waals surface area contributed by atoms with Crippen LogP contribution in [0.3, 0.4) is 0 Å². The summed E-state index contributed by atoms with van der Waals surface area (Å²) in [5, 5.41) is 10.5. The first kappa shape index (κ1) is 21.2. The van der Waals surface area contributed by atoms with Gasteiger partial charge in [0.15, 0.2) is 10.6 Å². The molecule has 5 nitrogen and oxygen atoms in total. The Bertz CT molecular complexity index is 1260. The molecule has 2 aromatic heterocycles. The Labute approximate surface area is 179 Å². The zero-order valence-electron chi connectivity index (χ0n) is 15.0. The van der Waals surface area contributed by atoms with E-state index in [0.29, 0.717) is 28.3 Å². The molecule has 4 aromatic rings. The molecule has 0 atom stereocenters. The van der Waals surface area contributed by atoms with Gasteiger partial charge in [0.1, 0.15) is 10.6 Å². The zero-order chi connectivity index (χ0) is 22.4. The fourth-order valence-corrected chi connectivity index (χ4v) is 3.78. The maximum absolute atomic E-state index is 13.3. The average Bonchev–Trinajstić information content (AvgIpc) is 3.33. The van der Waals surface area contributed by atoms with E-state index in [2.05, 4.69) is 19.8 Å². The van der Waals surface area contributed by atoms with Crippen LogP contribution in [0.25, 0.3) is 27.6 Å². The second-order valence-corrected chi connectivity index (χ2v) is 7.41. The number of nitrogens with one attached hydrogen (secondary N) is 1. The predicted octanol–water partition coefficient (Wildman–Crippen LogP) is 6.15. The first-order valence-electron chi connectivity index (χ1n) is 8.41. The topological polar surface area (TPSA) is 59.4 Å². The highest BCUT2D eigenvalue weighted by atomic mass is 32.1. The van der Waals surface area contributed by atoms with Crippen molar-refractivity contribution in [1.29, 1.82) is 0 Å². The van der Waals surface area contributed by atoms with Crippen molar-refractivity contribution in [2.75, 3.05) is 0 Å². The van der Waals surface area contributed by atoms with Gasteiger partial charge in [0, 0.05) is 5.56 Å². The van der Waals surface area contributed by atoms with Gasteiger partial charge in [-0.05, 0) is 41.9 Å². The Morgan fingerprint density at radius 2 is 1.52 bits per heavy atom. The molecule has 0 aliphatic rings. The number of hydrogen-bond donors (Lipinski definition) is 1. The van der Waals surface area contributed by atoms with Crippen LogP contribution in [-0.2, 0) is 12.4 Å². The van der Waals surface area contributed by atoms with Gasteiger partial charge in [-0.2, -0.15) is 31.4 Å². The van der Waals surface area contributed by atoms with E-state index in [1.165, 1.54) is 0 Å². The SMILES string of the molecule is FC(F)(F)c1cc(-n2c(-c3snnc3-c3ccccc3)n[nH]c2=S)cc(C(F)(F)F)c1. The molecule has 0 aliphatic carbocycles. The summed E-state index contributed by atoms with van der Waals surface area (Å²) in [6.07, 6.45) is -9.99. The highest BCUT2D eigenvalue weighted by Gasteiger charge is 2.37. The van der Waals surface area contributed by atoms with E-state index in [0.717, 1.165) is 16.1 Å². The quantitative estimate of drug-likeness (QED) is 0.286. The molecule has 0 saturated heterocycles. The second-order valence-electron chi connectivity index (χ2n) is 6.27. The summed E-state index contributed by atoms with van der Waals surface area (Å²) in [5.74, 6) is -0.00805. The van der Waals surface area contributed by atoms with Crippen LogP contribution in [0, 0.1) is 4.77 Å². The van der Waals surface area contributed by atoms with Crippen LogP contribution in [0.1, 0.15) is 11.1 Å². The predicted molar refractivity (Wildman–Crippen MR) is 103 cm³/mol. The molecule has 0 fully saturated rings. The lowest BCUT2D eigenvalue weighted by Crippen LogP contribution is -2.12. The normalized spacial score (nSPS) is 12.3. The van der Waals surface area contributed by atoms with Crippen LogP contribution in [0.15, 0.2) is 48.5 Å². The van der Waals surface area contributed by atoms with Gasteiger partial charge in [-0.3, -0.25) is 9.67 Å². The van der Waals surface area contributed by atoms with Crippen LogP contribution in [0.5, 0.6) is 0 Å². The largest absolute Gasteiger partial charge is 0.416 e. The molecule has 31 heavy (non-hydrogen) atoms. The maximum atomic E-state index is 13.3. The Morgan fingerprint density at radius 1 is 0.903 bits per heavy atom. The first-order chi connectivity index (χ1) is 14.6. The lowest BCUT2D eigenvalue weighted by atomic mass is 10.1. The van der Waals surface area contributed by atoms with Crippen molar-refractivity contribution >= 4 is 23.8 Å². The Kier molecular flexibility index (Phi) is 5.17. The standard InChI is InChI=1S/C18H9F6N5S2/c19-17(20,21)10-6-11(18(22,23)24)8-12(7-10)29-15(26-27-16(29)30)14-13(25-28-31-14)9-4-2-1-3-5-9/h1-8H,(H,27,30). The Hall–Kier alpha value is -3.06. The van der Waals surface area contributed by atoms with Crippen LogP contribution in [-0.4, -0.2) is 24.4 Å². The third-order valence-corrected chi connectivity index (χ3v) is 5.24. The van der Waals surface area contributed by atoms with Gasteiger partial charge < -0.3 is 0 Å². The smallest absolute Gasteiger partial charge is 0.267 e. The number of aromatic amines is 1. The van der Waals surface area contributed by atoms with E-state index in [-0.39, 0.29) is 16.7 Å². The van der Waals surface area contributed by atoms with Crippen molar-refractivity contribution in [1.82, 2.24) is 24.4 Å². The van der Waals surface area contributed by atoms with Crippen molar-refractivity contribution in [2.24, 2.45) is 0 Å². The van der Waals surface area contributed by atoms with Gasteiger partial charge in [-0.1, -0.05) is 34.8 Å². The molecule has 0 amide bonds.